The van der Waals surface area contributed by atoms with Crippen LogP contribution in [0, 0.1) is 0 Å². The van der Waals surface area contributed by atoms with Crippen molar-refractivity contribution in [3.63, 3.8) is 0 Å². The average Bonchev–Trinajstić information content (AvgIpc) is 2.07. The Balaban J connectivity index is 0.00000128. The van der Waals surface area contributed by atoms with Crippen molar-refractivity contribution in [1.82, 2.24) is 4.90 Å². The lowest BCUT2D eigenvalue weighted by Gasteiger charge is -2.38. The molecule has 3 nitrogen and oxygen atoms in total. The minimum atomic E-state index is -0.0279. The number of benzene rings is 1. The summed E-state index contributed by atoms with van der Waals surface area (Å²) in [6.07, 6.45) is 0. The largest absolute Gasteiger partial charge is 0.504 e. The molecular formula is C12H18BrNO2. The third kappa shape index (κ3) is 2.18. The summed E-state index contributed by atoms with van der Waals surface area (Å²) >= 11 is 0. The van der Waals surface area contributed by atoms with Crippen molar-refractivity contribution >= 4 is 17.0 Å². The molecule has 1 aromatic rings. The van der Waals surface area contributed by atoms with Gasteiger partial charge in [-0.05, 0) is 30.3 Å². The van der Waals surface area contributed by atoms with Gasteiger partial charge in [-0.15, -0.1) is 17.0 Å². The van der Waals surface area contributed by atoms with Crippen LogP contribution < -0.4 is 0 Å². The van der Waals surface area contributed by atoms with Crippen LogP contribution in [-0.2, 0) is 12.0 Å². The SMILES string of the molecule is Br.CN1Cc2cc(O)c(O)cc2C(C)(C)C1. The van der Waals surface area contributed by atoms with Crippen LogP contribution in [0.4, 0.5) is 0 Å². The maximum absolute atomic E-state index is 9.51. The van der Waals surface area contributed by atoms with Gasteiger partial charge < -0.3 is 15.1 Å². The van der Waals surface area contributed by atoms with E-state index in [0.717, 1.165) is 24.2 Å². The van der Waals surface area contributed by atoms with Gasteiger partial charge >= 0.3 is 0 Å². The summed E-state index contributed by atoms with van der Waals surface area (Å²) in [5.41, 5.74) is 2.26. The lowest BCUT2D eigenvalue weighted by atomic mass is 9.78. The molecule has 0 spiro atoms. The van der Waals surface area contributed by atoms with E-state index in [4.69, 9.17) is 0 Å². The van der Waals surface area contributed by atoms with Crippen LogP contribution in [0.5, 0.6) is 11.5 Å². The number of phenols is 2. The Bertz CT molecular complexity index is 404. The molecule has 1 aliphatic rings. The number of hydrogen-bond donors (Lipinski definition) is 2. The summed E-state index contributed by atoms with van der Waals surface area (Å²) in [4.78, 5) is 2.22. The fourth-order valence-corrected chi connectivity index (χ4v) is 2.49. The number of halogens is 1. The van der Waals surface area contributed by atoms with Crippen molar-refractivity contribution in [3.8, 4) is 11.5 Å². The van der Waals surface area contributed by atoms with Gasteiger partial charge in [0.05, 0.1) is 0 Å². The Morgan fingerprint density at radius 2 is 1.75 bits per heavy atom. The fraction of sp³-hybridized carbons (Fsp3) is 0.500. The van der Waals surface area contributed by atoms with Gasteiger partial charge in [0.25, 0.3) is 0 Å². The molecule has 0 radical (unpaired) electrons. The molecule has 2 N–H and O–H groups in total. The summed E-state index contributed by atoms with van der Waals surface area (Å²) in [6, 6.07) is 3.36. The van der Waals surface area contributed by atoms with E-state index in [2.05, 4.69) is 25.8 Å². The smallest absolute Gasteiger partial charge is 0.157 e. The molecule has 0 atom stereocenters. The van der Waals surface area contributed by atoms with Crippen molar-refractivity contribution in [2.24, 2.45) is 0 Å². The molecule has 0 aliphatic carbocycles. The monoisotopic (exact) mass is 287 g/mol. The molecule has 1 aromatic carbocycles. The lowest BCUT2D eigenvalue weighted by Crippen LogP contribution is -2.39. The van der Waals surface area contributed by atoms with Crippen LogP contribution in [0.1, 0.15) is 25.0 Å². The first-order valence-corrected chi connectivity index (χ1v) is 5.14. The molecule has 90 valence electrons. The predicted octanol–water partition coefficient (Wildman–Crippen LogP) is 2.40. The molecule has 0 bridgehead atoms. The number of fused-ring (bicyclic) bond motifs is 1. The standard InChI is InChI=1S/C12H17NO2.BrH/c1-12(2)7-13(3)6-8-4-10(14)11(15)5-9(8)12;/h4-5,14-15H,6-7H2,1-3H3;1H. The van der Waals surface area contributed by atoms with Crippen LogP contribution >= 0.6 is 17.0 Å². The molecule has 0 saturated carbocycles. The summed E-state index contributed by atoms with van der Waals surface area (Å²) < 4.78 is 0. The second kappa shape index (κ2) is 4.26. The number of likely N-dealkylation sites (N-methyl/N-ethyl adjacent to an activating group) is 1. The molecule has 0 saturated heterocycles. The summed E-state index contributed by atoms with van der Waals surface area (Å²) in [6.45, 7) is 6.09. The number of rotatable bonds is 0. The van der Waals surface area contributed by atoms with E-state index < -0.39 is 0 Å². The van der Waals surface area contributed by atoms with Gasteiger partial charge in [0.1, 0.15) is 0 Å². The Morgan fingerprint density at radius 1 is 1.19 bits per heavy atom. The highest BCUT2D eigenvalue weighted by atomic mass is 79.9. The minimum absolute atomic E-state index is 0. The summed E-state index contributed by atoms with van der Waals surface area (Å²) in [5, 5.41) is 19.0. The first-order valence-electron chi connectivity index (χ1n) is 5.14. The molecular weight excluding hydrogens is 270 g/mol. The molecule has 0 amide bonds. The van der Waals surface area contributed by atoms with Gasteiger partial charge in [-0.1, -0.05) is 13.8 Å². The van der Waals surface area contributed by atoms with Crippen molar-refractivity contribution < 1.29 is 10.2 Å². The third-order valence-corrected chi connectivity index (χ3v) is 3.03. The second-order valence-corrected chi connectivity index (χ2v) is 5.05. The molecule has 1 aliphatic heterocycles. The minimum Gasteiger partial charge on any atom is -0.504 e. The van der Waals surface area contributed by atoms with E-state index in [0.29, 0.717) is 0 Å². The van der Waals surface area contributed by atoms with E-state index in [1.54, 1.807) is 12.1 Å². The maximum Gasteiger partial charge on any atom is 0.157 e. The highest BCUT2D eigenvalue weighted by Crippen LogP contribution is 2.38. The highest BCUT2D eigenvalue weighted by Gasteiger charge is 2.31. The molecule has 4 heteroatoms. The van der Waals surface area contributed by atoms with Crippen molar-refractivity contribution in [2.45, 2.75) is 25.8 Å². The lowest BCUT2D eigenvalue weighted by molar-refractivity contribution is 0.234. The first kappa shape index (κ1) is 13.3. The highest BCUT2D eigenvalue weighted by molar-refractivity contribution is 8.93. The van der Waals surface area contributed by atoms with E-state index in [1.165, 1.54) is 0 Å². The van der Waals surface area contributed by atoms with Crippen LogP contribution in [-0.4, -0.2) is 28.7 Å². The number of nitrogens with zero attached hydrogens (tertiary/aromatic N) is 1. The average molecular weight is 288 g/mol. The number of phenolic OH excluding ortho intramolecular Hbond substituents is 2. The van der Waals surface area contributed by atoms with E-state index >= 15 is 0 Å². The van der Waals surface area contributed by atoms with E-state index in [-0.39, 0.29) is 33.9 Å². The van der Waals surface area contributed by atoms with Gasteiger partial charge in [0.15, 0.2) is 11.5 Å². The van der Waals surface area contributed by atoms with E-state index in [1.807, 2.05) is 0 Å². The third-order valence-electron chi connectivity index (χ3n) is 3.03. The van der Waals surface area contributed by atoms with Crippen molar-refractivity contribution in [2.75, 3.05) is 13.6 Å². The number of hydrogen-bond acceptors (Lipinski definition) is 3. The fourth-order valence-electron chi connectivity index (χ4n) is 2.49. The van der Waals surface area contributed by atoms with Gasteiger partial charge in [-0.2, -0.15) is 0 Å². The van der Waals surface area contributed by atoms with Gasteiger partial charge in [0.2, 0.25) is 0 Å². The zero-order valence-corrected chi connectivity index (χ0v) is 11.5. The second-order valence-electron chi connectivity index (χ2n) is 5.05. The molecule has 0 unspecified atom stereocenters. The van der Waals surface area contributed by atoms with Crippen molar-refractivity contribution in [3.05, 3.63) is 23.3 Å². The quantitative estimate of drug-likeness (QED) is 0.720. The normalized spacial score (nSPS) is 18.7. The van der Waals surface area contributed by atoms with Crippen LogP contribution in [0.3, 0.4) is 0 Å². The van der Waals surface area contributed by atoms with Crippen LogP contribution in [0.2, 0.25) is 0 Å². The molecule has 0 aromatic heterocycles. The molecule has 16 heavy (non-hydrogen) atoms. The van der Waals surface area contributed by atoms with E-state index in [9.17, 15) is 10.2 Å². The Kier molecular flexibility index (Phi) is 3.55. The maximum atomic E-state index is 9.51. The van der Waals surface area contributed by atoms with Gasteiger partial charge in [0, 0.05) is 18.5 Å². The molecule has 0 fully saturated rings. The Hall–Kier alpha value is -0.740. The zero-order chi connectivity index (χ0) is 11.2. The summed E-state index contributed by atoms with van der Waals surface area (Å²) in [5.74, 6) is -0.0498. The zero-order valence-electron chi connectivity index (χ0n) is 9.82. The molecule has 2 rings (SSSR count). The Labute approximate surface area is 106 Å². The topological polar surface area (TPSA) is 43.7 Å². The van der Waals surface area contributed by atoms with Gasteiger partial charge in [-0.25, -0.2) is 0 Å². The number of aromatic hydroxyl groups is 2. The Morgan fingerprint density at radius 3 is 2.38 bits per heavy atom. The first-order chi connectivity index (χ1) is 6.90. The van der Waals surface area contributed by atoms with Crippen molar-refractivity contribution in [1.29, 1.82) is 0 Å². The van der Waals surface area contributed by atoms with Crippen LogP contribution in [0.15, 0.2) is 12.1 Å². The molecule has 1 heterocycles. The predicted molar refractivity (Wildman–Crippen MR) is 69.5 cm³/mol. The summed E-state index contributed by atoms with van der Waals surface area (Å²) in [7, 11) is 2.06. The van der Waals surface area contributed by atoms with Crippen LogP contribution in [0.25, 0.3) is 0 Å². The van der Waals surface area contributed by atoms with Gasteiger partial charge in [-0.3, -0.25) is 0 Å².